The van der Waals surface area contributed by atoms with Gasteiger partial charge in [0.05, 0.1) is 28.6 Å². The third kappa shape index (κ3) is 5.02. The fourth-order valence-corrected chi connectivity index (χ4v) is 8.47. The van der Waals surface area contributed by atoms with Gasteiger partial charge in [0.25, 0.3) is 5.88 Å². The number of hydrogen-bond donors (Lipinski definition) is 1. The Bertz CT molecular complexity index is 2030. The molecule has 0 amide bonds. The van der Waals surface area contributed by atoms with Gasteiger partial charge >= 0.3 is 0 Å². The lowest BCUT2D eigenvalue weighted by atomic mass is 9.49. The number of halogens is 2. The summed E-state index contributed by atoms with van der Waals surface area (Å²) in [5, 5.41) is 25.0. The zero-order valence-corrected chi connectivity index (χ0v) is 28.2. The number of aromatic nitrogens is 1. The van der Waals surface area contributed by atoms with Crippen LogP contribution in [-0.4, -0.2) is 53.2 Å². The smallest absolute Gasteiger partial charge is 0.265 e. The first-order chi connectivity index (χ1) is 23.6. The summed E-state index contributed by atoms with van der Waals surface area (Å²) in [5.74, 6) is -5.97. The second-order valence-corrected chi connectivity index (χ2v) is 13.7. The third-order valence-corrected chi connectivity index (χ3v) is 10.9. The summed E-state index contributed by atoms with van der Waals surface area (Å²) >= 11 is 3.29. The van der Waals surface area contributed by atoms with Crippen LogP contribution in [0.1, 0.15) is 61.2 Å². The van der Waals surface area contributed by atoms with Gasteiger partial charge in [0.1, 0.15) is 47.4 Å². The van der Waals surface area contributed by atoms with Crippen LogP contribution in [0.4, 0.5) is 4.39 Å². The highest BCUT2D eigenvalue weighted by Gasteiger charge is 2.67. The van der Waals surface area contributed by atoms with E-state index in [2.05, 4.69) is 21.1 Å². The minimum Gasteiger partial charge on any atom is -0.487 e. The minimum absolute atomic E-state index is 0.00534. The molecule has 7 rings (SSSR count). The number of ketones is 3. The van der Waals surface area contributed by atoms with E-state index in [1.54, 1.807) is 19.0 Å². The van der Waals surface area contributed by atoms with Crippen molar-refractivity contribution in [2.24, 2.45) is 23.2 Å². The average molecular weight is 729 g/mol. The maximum atomic E-state index is 16.0. The van der Waals surface area contributed by atoms with Gasteiger partial charge in [-0.1, -0.05) is 60.7 Å². The molecule has 49 heavy (non-hydrogen) atoms. The molecule has 1 saturated carbocycles. The minimum atomic E-state index is -2.03. The predicted molar refractivity (Wildman–Crippen MR) is 175 cm³/mol. The van der Waals surface area contributed by atoms with Crippen LogP contribution in [0.25, 0.3) is 0 Å². The van der Waals surface area contributed by atoms with Crippen molar-refractivity contribution in [1.29, 1.82) is 5.26 Å². The number of carbonyl (C=O) groups is 3. The highest BCUT2D eigenvalue weighted by atomic mass is 79.9. The van der Waals surface area contributed by atoms with Gasteiger partial charge < -0.3 is 19.1 Å². The summed E-state index contributed by atoms with van der Waals surface area (Å²) in [7, 11) is 3.51. The molecule has 4 aromatic rings. The molecule has 1 fully saturated rings. The molecule has 1 aromatic heterocycles. The van der Waals surface area contributed by atoms with Gasteiger partial charge in [0, 0.05) is 11.5 Å². The van der Waals surface area contributed by atoms with Crippen LogP contribution in [0.5, 0.6) is 11.6 Å². The van der Waals surface area contributed by atoms with Gasteiger partial charge in [-0.25, -0.2) is 4.39 Å². The third-order valence-electron chi connectivity index (χ3n) is 10.1. The number of nitrogens with zero attached hydrogens (tertiary/aromatic N) is 3. The maximum Gasteiger partial charge on any atom is 0.265 e. The Labute approximate surface area is 289 Å². The van der Waals surface area contributed by atoms with Gasteiger partial charge in [-0.3, -0.25) is 19.3 Å². The zero-order valence-electron chi connectivity index (χ0n) is 26.6. The number of Topliss-reactive ketones (excluding diaryl/α,β-unsaturated/α-hetero) is 3. The Morgan fingerprint density at radius 2 is 1.67 bits per heavy atom. The Kier molecular flexibility index (Phi) is 8.47. The summed E-state index contributed by atoms with van der Waals surface area (Å²) in [4.78, 5) is 45.8. The molecular formula is C37H31BrFN3O7. The Hall–Kier alpha value is -4.70. The van der Waals surface area contributed by atoms with Crippen LogP contribution >= 0.6 is 15.9 Å². The van der Waals surface area contributed by atoms with Crippen LogP contribution in [0, 0.1) is 40.3 Å². The molecule has 0 spiro atoms. The summed E-state index contributed by atoms with van der Waals surface area (Å²) in [6.07, 6.45) is 0.0443. The summed E-state index contributed by atoms with van der Waals surface area (Å²) < 4.78 is 33.8. The molecule has 5 atom stereocenters. The van der Waals surface area contributed by atoms with E-state index in [4.69, 9.17) is 14.0 Å². The Morgan fingerprint density at radius 3 is 2.27 bits per heavy atom. The molecular weight excluding hydrogens is 697 g/mol. The summed E-state index contributed by atoms with van der Waals surface area (Å²) in [6, 6.07) is 19.5. The summed E-state index contributed by atoms with van der Waals surface area (Å²) in [6.45, 7) is -0.792. The zero-order chi connectivity index (χ0) is 34.6. The molecule has 0 radical (unpaired) electrons. The predicted octanol–water partition coefficient (Wildman–Crippen LogP) is 5.64. The normalized spacial score (nSPS) is 24.1. The van der Waals surface area contributed by atoms with Crippen LogP contribution in [-0.2, 0) is 24.4 Å². The number of aliphatic hydroxyl groups excluding tert-OH is 1. The number of benzene rings is 3. The number of hydrogen-bond acceptors (Lipinski definition) is 10. The van der Waals surface area contributed by atoms with Crippen LogP contribution < -0.4 is 9.47 Å². The molecule has 0 saturated heterocycles. The Balaban J connectivity index is 1.32. The van der Waals surface area contributed by atoms with Crippen LogP contribution in [0.15, 0.2) is 69.7 Å². The van der Waals surface area contributed by atoms with Gasteiger partial charge in [-0.2, -0.15) is 5.26 Å². The highest BCUT2D eigenvalue weighted by Crippen LogP contribution is 2.59. The fraction of sp³-hybridized carbons (Fsp3) is 0.324. The van der Waals surface area contributed by atoms with E-state index in [1.165, 1.54) is 0 Å². The second kappa shape index (κ2) is 12.6. The molecule has 12 heteroatoms. The fourth-order valence-electron chi connectivity index (χ4n) is 7.89. The van der Waals surface area contributed by atoms with Gasteiger partial charge in [0.15, 0.2) is 23.1 Å². The van der Waals surface area contributed by atoms with Gasteiger partial charge in [-0.15, -0.1) is 0 Å². The van der Waals surface area contributed by atoms with E-state index in [0.717, 1.165) is 11.1 Å². The van der Waals surface area contributed by atoms with Crippen molar-refractivity contribution < 1.29 is 37.9 Å². The molecule has 10 nitrogen and oxygen atoms in total. The van der Waals surface area contributed by atoms with Crippen molar-refractivity contribution in [2.75, 3.05) is 20.7 Å². The molecule has 3 aliphatic rings. The van der Waals surface area contributed by atoms with E-state index in [0.29, 0.717) is 0 Å². The lowest BCUT2D eigenvalue weighted by Gasteiger charge is -2.52. The van der Waals surface area contributed by atoms with Crippen LogP contribution in [0.3, 0.4) is 0 Å². The number of ether oxygens (including phenoxy) is 2. The summed E-state index contributed by atoms with van der Waals surface area (Å²) in [5.41, 5.74) is -0.972. The number of fused-ring (bicyclic) bond motifs is 4. The van der Waals surface area contributed by atoms with Crippen molar-refractivity contribution >= 4 is 33.3 Å². The quantitative estimate of drug-likeness (QED) is 0.227. The van der Waals surface area contributed by atoms with Crippen LogP contribution in [0.2, 0.25) is 0 Å². The molecule has 3 aliphatic carbocycles. The topological polar surface area (TPSA) is 143 Å². The van der Waals surface area contributed by atoms with Crippen molar-refractivity contribution in [3.8, 4) is 17.7 Å². The van der Waals surface area contributed by atoms with Crippen molar-refractivity contribution in [1.82, 2.24) is 10.1 Å². The largest absolute Gasteiger partial charge is 0.487 e. The standard InChI is InChI=1S/C37H31BrFN3O7/c1-42(2)30-24-14-21-13-22-26(32(28(38)23(15-40)29(22)39)47-16-19-9-5-3-6-10-19)31(44)25(21)34(45)37(24,18-43)35(46)27-33(30)49-41-36(27)48-17-20-11-7-4-8-12-20/h3-12,21,24-25,30,43H,13-14,16-18H2,1-2H3. The lowest BCUT2D eigenvalue weighted by Crippen LogP contribution is -2.63. The van der Waals surface area contributed by atoms with E-state index < -0.39 is 59.0 Å². The lowest BCUT2D eigenvalue weighted by molar-refractivity contribution is -0.145. The van der Waals surface area contributed by atoms with E-state index in [9.17, 15) is 24.8 Å². The van der Waals surface area contributed by atoms with E-state index >= 15 is 4.39 Å². The number of rotatable bonds is 8. The molecule has 3 aromatic carbocycles. The second-order valence-electron chi connectivity index (χ2n) is 13.0. The molecule has 1 heterocycles. The van der Waals surface area contributed by atoms with E-state index in [1.807, 2.05) is 66.7 Å². The molecule has 1 N–H and O–H groups in total. The Morgan fingerprint density at radius 1 is 1.04 bits per heavy atom. The first-order valence-electron chi connectivity index (χ1n) is 15.8. The highest BCUT2D eigenvalue weighted by molar-refractivity contribution is 9.10. The average Bonchev–Trinajstić information content (AvgIpc) is 3.52. The van der Waals surface area contributed by atoms with Gasteiger partial charge in [-0.05, 0) is 65.1 Å². The van der Waals surface area contributed by atoms with E-state index in [-0.39, 0.29) is 70.2 Å². The molecule has 250 valence electrons. The molecule has 0 aliphatic heterocycles. The first-order valence-corrected chi connectivity index (χ1v) is 16.6. The maximum absolute atomic E-state index is 16.0. The van der Waals surface area contributed by atoms with Gasteiger partial charge in [0.2, 0.25) is 0 Å². The molecule has 5 unspecified atom stereocenters. The number of carbonyl (C=O) groups excluding carboxylic acids is 3. The SMILES string of the molecule is CN(C)C1c2onc(OCc3ccccc3)c2C(=O)C2(CO)C(=O)C3C(=O)c4c(c(F)c(C#N)c(Br)c4OCc4ccccc4)CC3CC12. The van der Waals surface area contributed by atoms with Crippen molar-refractivity contribution in [2.45, 2.75) is 32.1 Å². The molecule has 0 bridgehead atoms. The monoisotopic (exact) mass is 727 g/mol. The van der Waals surface area contributed by atoms with Crippen molar-refractivity contribution in [3.63, 3.8) is 0 Å². The number of aliphatic hydroxyl groups is 1. The first kappa shape index (κ1) is 32.8. The number of nitriles is 1. The van der Waals surface area contributed by atoms with Crippen molar-refractivity contribution in [3.05, 3.63) is 110 Å².